The molecule has 0 spiro atoms. The molecule has 18 heteroatoms. The van der Waals surface area contributed by atoms with Crippen LogP contribution in [0.5, 0.6) is 0 Å². The lowest BCUT2D eigenvalue weighted by Crippen LogP contribution is -2.55. The third-order valence-electron chi connectivity index (χ3n) is 10.5. The zero-order valence-electron chi connectivity index (χ0n) is 31.5. The van der Waals surface area contributed by atoms with E-state index in [2.05, 4.69) is 16.1 Å². The summed E-state index contributed by atoms with van der Waals surface area (Å²) in [5.41, 5.74) is 6.78. The molecule has 2 saturated heterocycles. The van der Waals surface area contributed by atoms with Gasteiger partial charge >= 0.3 is 0 Å². The summed E-state index contributed by atoms with van der Waals surface area (Å²) in [6, 6.07) is 10.1. The average molecular weight is 813 g/mol. The smallest absolute Gasteiger partial charge is 0.264 e. The van der Waals surface area contributed by atoms with Crippen LogP contribution >= 0.6 is 22.9 Å². The van der Waals surface area contributed by atoms with Crippen molar-refractivity contribution in [1.29, 1.82) is 10.8 Å². The minimum atomic E-state index is -1.08. The molecular weight excluding hydrogens is 772 g/mol. The highest BCUT2D eigenvalue weighted by molar-refractivity contribution is 7.17. The number of piperidine rings is 1. The van der Waals surface area contributed by atoms with Crippen LogP contribution in [-0.4, -0.2) is 112 Å². The molecule has 57 heavy (non-hydrogen) atoms. The number of imide groups is 2. The highest BCUT2D eigenvalue weighted by atomic mass is 35.5. The van der Waals surface area contributed by atoms with E-state index >= 15 is 0 Å². The van der Waals surface area contributed by atoms with E-state index in [4.69, 9.17) is 27.4 Å². The quantitative estimate of drug-likeness (QED) is 0.121. The molecule has 0 radical (unpaired) electrons. The van der Waals surface area contributed by atoms with Gasteiger partial charge < -0.3 is 10.2 Å². The minimum Gasteiger partial charge on any atom is -0.384 e. The molecule has 3 aromatic rings. The zero-order chi connectivity index (χ0) is 40.7. The van der Waals surface area contributed by atoms with Crippen molar-refractivity contribution in [1.82, 2.24) is 25.6 Å². The number of rotatable bonds is 9. The Labute approximate surface area is 337 Å². The first-order chi connectivity index (χ1) is 27.2. The number of anilines is 2. The second-order valence-corrected chi connectivity index (χ2v) is 15.9. The van der Waals surface area contributed by atoms with Gasteiger partial charge in [0.15, 0.2) is 0 Å². The molecule has 4 aliphatic rings. The summed E-state index contributed by atoms with van der Waals surface area (Å²) in [5, 5.41) is 26.0. The molecule has 5 heterocycles. The largest absolute Gasteiger partial charge is 0.384 e. The van der Waals surface area contributed by atoms with Gasteiger partial charge in [0.1, 0.15) is 28.8 Å². The molecule has 2 aromatic carbocycles. The van der Waals surface area contributed by atoms with E-state index in [-0.39, 0.29) is 66.8 Å². The summed E-state index contributed by atoms with van der Waals surface area (Å²) in [6.07, 6.45) is 0.0308. The van der Waals surface area contributed by atoms with E-state index in [1.165, 1.54) is 17.4 Å². The van der Waals surface area contributed by atoms with Gasteiger partial charge in [-0.25, -0.2) is 5.01 Å². The van der Waals surface area contributed by atoms with E-state index in [1.807, 2.05) is 26.0 Å². The first-order valence-electron chi connectivity index (χ1n) is 18.5. The molecule has 16 nitrogen and oxygen atoms in total. The first-order valence-corrected chi connectivity index (χ1v) is 19.7. The maximum absolute atomic E-state index is 13.5. The molecule has 0 aliphatic carbocycles. The topological polar surface area (TPSA) is 212 Å². The van der Waals surface area contributed by atoms with Crippen molar-refractivity contribution in [2.45, 2.75) is 58.5 Å². The Morgan fingerprint density at radius 1 is 1.00 bits per heavy atom. The van der Waals surface area contributed by atoms with Crippen molar-refractivity contribution in [2.24, 2.45) is 4.99 Å². The number of halogens is 1. The van der Waals surface area contributed by atoms with E-state index in [0.717, 1.165) is 26.5 Å². The van der Waals surface area contributed by atoms with Crippen molar-refractivity contribution in [3.05, 3.63) is 80.2 Å². The molecule has 0 saturated carbocycles. The summed E-state index contributed by atoms with van der Waals surface area (Å²) in [7, 11) is 0. The predicted molar refractivity (Wildman–Crippen MR) is 215 cm³/mol. The lowest BCUT2D eigenvalue weighted by molar-refractivity contribution is -0.137. The second-order valence-electron chi connectivity index (χ2n) is 14.2. The summed E-state index contributed by atoms with van der Waals surface area (Å²) in [6.45, 7) is 7.21. The summed E-state index contributed by atoms with van der Waals surface area (Å²) in [5.74, 6) is -2.70. The number of carbonyl (C=O) groups is 6. The Morgan fingerprint density at radius 3 is 2.40 bits per heavy atom. The van der Waals surface area contributed by atoms with Crippen LogP contribution in [0.2, 0.25) is 5.02 Å². The number of aliphatic imine (C=N–C) groups is 1. The van der Waals surface area contributed by atoms with Crippen LogP contribution in [0.15, 0.2) is 47.5 Å². The maximum atomic E-state index is 13.5. The number of carbonyl (C=O) groups excluding carboxylic acids is 6. The minimum absolute atomic E-state index is 0.0205. The van der Waals surface area contributed by atoms with Crippen molar-refractivity contribution >= 4 is 86.5 Å². The van der Waals surface area contributed by atoms with E-state index in [1.54, 1.807) is 46.0 Å². The van der Waals surface area contributed by atoms with Gasteiger partial charge in [0.05, 0.1) is 23.3 Å². The highest BCUT2D eigenvalue weighted by Gasteiger charge is 2.45. The number of amides is 6. The molecule has 1 aromatic heterocycles. The standard InChI is InChI=1S/C39H41ClN10O6S/c1-20-21(2)57-39-32(20)34(23-7-9-24(40)10-8-23)44-27(35(42)49(39)22(3)41)19-30(52)46-48-17-15-47(16-18-48)31(53)13-14-43-26-6-4-5-25-33(26)38(56)50(37(25)55)28-11-12-29(51)45-36(28)54/h4-10,27-28,41-43H,11-19H2,1-3H3,(H,46,52)(H,45,51,54)/t27-,28?/m0/s1. The van der Waals surface area contributed by atoms with Gasteiger partial charge in [0, 0.05) is 72.3 Å². The van der Waals surface area contributed by atoms with Crippen LogP contribution in [0.25, 0.3) is 0 Å². The second kappa shape index (κ2) is 16.0. The molecule has 1 unspecified atom stereocenters. The van der Waals surface area contributed by atoms with Gasteiger partial charge in [-0.1, -0.05) is 29.8 Å². The number of nitrogens with zero attached hydrogens (tertiary/aromatic N) is 5. The van der Waals surface area contributed by atoms with Crippen LogP contribution < -0.4 is 21.0 Å². The Kier molecular flexibility index (Phi) is 11.1. The Morgan fingerprint density at radius 2 is 1.72 bits per heavy atom. The Hall–Kier alpha value is -5.78. The fourth-order valence-corrected chi connectivity index (χ4v) is 8.83. The molecule has 296 valence electrons. The molecule has 2 atom stereocenters. The summed E-state index contributed by atoms with van der Waals surface area (Å²) < 4.78 is 0. The number of amidine groups is 2. The van der Waals surface area contributed by atoms with Crippen LogP contribution in [0.3, 0.4) is 0 Å². The van der Waals surface area contributed by atoms with Gasteiger partial charge in [-0.05, 0) is 57.0 Å². The Balaban J connectivity index is 0.945. The van der Waals surface area contributed by atoms with Crippen molar-refractivity contribution in [3.8, 4) is 0 Å². The Bertz CT molecular complexity index is 2260. The van der Waals surface area contributed by atoms with Gasteiger partial charge in [0.2, 0.25) is 23.6 Å². The maximum Gasteiger partial charge on any atom is 0.264 e. The number of hydrogen-bond donors (Lipinski definition) is 5. The fourth-order valence-electron chi connectivity index (χ4n) is 7.48. The number of piperazine rings is 1. The van der Waals surface area contributed by atoms with E-state index < -0.39 is 35.7 Å². The molecule has 4 aliphatic heterocycles. The van der Waals surface area contributed by atoms with Crippen LogP contribution in [0.1, 0.15) is 74.9 Å². The van der Waals surface area contributed by atoms with Gasteiger partial charge in [-0.2, -0.15) is 0 Å². The van der Waals surface area contributed by atoms with Crippen molar-refractivity contribution in [2.75, 3.05) is 42.9 Å². The number of benzene rings is 2. The lowest BCUT2D eigenvalue weighted by Gasteiger charge is -2.35. The molecule has 2 fully saturated rings. The zero-order valence-corrected chi connectivity index (χ0v) is 33.1. The van der Waals surface area contributed by atoms with Gasteiger partial charge in [0.25, 0.3) is 11.8 Å². The van der Waals surface area contributed by atoms with Crippen molar-refractivity contribution < 1.29 is 28.8 Å². The van der Waals surface area contributed by atoms with E-state index in [0.29, 0.717) is 47.6 Å². The van der Waals surface area contributed by atoms with Crippen LogP contribution in [0, 0.1) is 24.7 Å². The third-order valence-corrected chi connectivity index (χ3v) is 12.0. The molecule has 5 N–H and O–H groups in total. The summed E-state index contributed by atoms with van der Waals surface area (Å²) in [4.78, 5) is 87.5. The predicted octanol–water partition coefficient (Wildman–Crippen LogP) is 3.49. The molecular formula is C39H41ClN10O6S. The number of hydrogen-bond acceptors (Lipinski definition) is 12. The number of hydrazine groups is 1. The lowest BCUT2D eigenvalue weighted by atomic mass is 9.99. The van der Waals surface area contributed by atoms with E-state index in [9.17, 15) is 28.8 Å². The van der Waals surface area contributed by atoms with Crippen LogP contribution in [-0.2, 0) is 19.2 Å². The monoisotopic (exact) mass is 812 g/mol. The first kappa shape index (κ1) is 39.5. The number of nitrogens with one attached hydrogen (secondary N) is 5. The summed E-state index contributed by atoms with van der Waals surface area (Å²) >= 11 is 7.68. The van der Waals surface area contributed by atoms with Gasteiger partial charge in [-0.15, -0.1) is 11.3 Å². The normalized spacial score (nSPS) is 19.8. The molecule has 7 rings (SSSR count). The number of thiophene rings is 1. The highest BCUT2D eigenvalue weighted by Crippen LogP contribution is 2.40. The molecule has 6 amide bonds. The SMILES string of the molecule is CC(=N)N1C(=N)[C@H](CC(=O)NN2CCN(C(=O)CCNc3cccc4c3C(=O)N(C3CCC(=O)NC3=O)C4=O)CC2)N=C(c2ccc(Cl)cc2)c2c1sc(C)c2C. The fraction of sp³-hybridized carbons (Fsp3) is 0.359. The van der Waals surface area contributed by atoms with Gasteiger partial charge in [-0.3, -0.25) is 65.1 Å². The average Bonchev–Trinajstić information content (AvgIpc) is 3.55. The molecule has 0 bridgehead atoms. The number of fused-ring (bicyclic) bond motifs is 2. The van der Waals surface area contributed by atoms with Crippen molar-refractivity contribution in [3.63, 3.8) is 0 Å². The third kappa shape index (κ3) is 7.69. The number of aryl methyl sites for hydroxylation is 1. The van der Waals surface area contributed by atoms with Crippen LogP contribution in [0.4, 0.5) is 10.7 Å².